The molecule has 2 heterocycles. The number of hydrogen-bond acceptors (Lipinski definition) is 6. The summed E-state index contributed by atoms with van der Waals surface area (Å²) in [4.78, 5) is 8.58. The molecule has 16 heavy (non-hydrogen) atoms. The maximum Gasteiger partial charge on any atom is 0.145 e. The van der Waals surface area contributed by atoms with Gasteiger partial charge in [-0.1, -0.05) is 6.92 Å². The fraction of sp³-hybridized carbons (Fsp3) is 0.200. The minimum absolute atomic E-state index is 0.615. The van der Waals surface area contributed by atoms with Crippen LogP contribution in [0.5, 0.6) is 0 Å². The molecule has 0 aliphatic heterocycles. The molecule has 6 heteroatoms. The first-order valence-electron chi connectivity index (χ1n) is 4.95. The van der Waals surface area contributed by atoms with Crippen LogP contribution < -0.4 is 16.6 Å². The second-order valence-electron chi connectivity index (χ2n) is 3.19. The number of nitrogens with one attached hydrogen (secondary N) is 2. The van der Waals surface area contributed by atoms with E-state index in [2.05, 4.69) is 20.7 Å². The highest BCUT2D eigenvalue weighted by atomic mass is 32.1. The average molecular weight is 235 g/mol. The lowest BCUT2D eigenvalue weighted by atomic mass is 10.4. The molecule has 0 radical (unpaired) electrons. The normalized spacial score (nSPS) is 10.1. The van der Waals surface area contributed by atoms with Gasteiger partial charge in [-0.3, -0.25) is 0 Å². The number of rotatable bonds is 4. The first kappa shape index (κ1) is 10.8. The molecule has 0 fully saturated rings. The van der Waals surface area contributed by atoms with Crippen molar-refractivity contribution in [2.45, 2.75) is 13.3 Å². The first-order valence-corrected chi connectivity index (χ1v) is 5.90. The molecular weight excluding hydrogens is 222 g/mol. The van der Waals surface area contributed by atoms with E-state index in [4.69, 9.17) is 5.84 Å². The Morgan fingerprint density at radius 1 is 1.38 bits per heavy atom. The molecule has 0 amide bonds. The van der Waals surface area contributed by atoms with Gasteiger partial charge < -0.3 is 10.7 Å². The summed E-state index contributed by atoms with van der Waals surface area (Å²) in [6.45, 7) is 2.00. The van der Waals surface area contributed by atoms with E-state index in [1.54, 1.807) is 17.4 Å². The third-order valence-electron chi connectivity index (χ3n) is 2.03. The molecule has 2 rings (SSSR count). The standard InChI is InChI=1S/C10H13N5S/c1-2-8-13-9(5-10(14-8)15-11)12-7-3-4-16-6-7/h3-6H,2,11H2,1H3,(H2,12,13,14,15). The summed E-state index contributed by atoms with van der Waals surface area (Å²) in [7, 11) is 0. The number of nitrogen functional groups attached to an aromatic ring is 1. The van der Waals surface area contributed by atoms with Crippen molar-refractivity contribution in [1.82, 2.24) is 9.97 Å². The quantitative estimate of drug-likeness (QED) is 0.559. The van der Waals surface area contributed by atoms with Crippen molar-refractivity contribution in [2.75, 3.05) is 10.7 Å². The summed E-state index contributed by atoms with van der Waals surface area (Å²) in [5.74, 6) is 7.47. The van der Waals surface area contributed by atoms with Crippen LogP contribution in [0.2, 0.25) is 0 Å². The molecule has 0 spiro atoms. The number of anilines is 3. The Balaban J connectivity index is 2.26. The number of aryl methyl sites for hydroxylation is 1. The molecule has 2 aromatic rings. The predicted octanol–water partition coefficient (Wildman–Crippen LogP) is 2.13. The van der Waals surface area contributed by atoms with Gasteiger partial charge in [-0.05, 0) is 11.4 Å². The summed E-state index contributed by atoms with van der Waals surface area (Å²) in [6.07, 6.45) is 0.772. The van der Waals surface area contributed by atoms with Crippen molar-refractivity contribution in [3.05, 3.63) is 28.7 Å². The second-order valence-corrected chi connectivity index (χ2v) is 3.97. The summed E-state index contributed by atoms with van der Waals surface area (Å²) >= 11 is 1.63. The predicted molar refractivity (Wildman–Crippen MR) is 66.8 cm³/mol. The first-order chi connectivity index (χ1) is 7.81. The average Bonchev–Trinajstić information content (AvgIpc) is 2.81. The van der Waals surface area contributed by atoms with Crippen molar-refractivity contribution < 1.29 is 0 Å². The van der Waals surface area contributed by atoms with Crippen molar-refractivity contribution >= 4 is 28.7 Å². The zero-order valence-corrected chi connectivity index (χ0v) is 9.71. The molecule has 5 nitrogen and oxygen atoms in total. The van der Waals surface area contributed by atoms with Crippen LogP contribution in [0.3, 0.4) is 0 Å². The summed E-state index contributed by atoms with van der Waals surface area (Å²) in [5, 5.41) is 7.22. The van der Waals surface area contributed by atoms with Crippen LogP contribution in [0.4, 0.5) is 17.3 Å². The van der Waals surface area contributed by atoms with Gasteiger partial charge >= 0.3 is 0 Å². The Morgan fingerprint density at radius 2 is 2.19 bits per heavy atom. The van der Waals surface area contributed by atoms with Crippen LogP contribution in [-0.4, -0.2) is 9.97 Å². The van der Waals surface area contributed by atoms with Gasteiger partial charge in [-0.25, -0.2) is 15.8 Å². The smallest absolute Gasteiger partial charge is 0.145 e. The maximum atomic E-state index is 5.35. The number of hydrazine groups is 1. The van der Waals surface area contributed by atoms with Crippen LogP contribution in [0.15, 0.2) is 22.9 Å². The van der Waals surface area contributed by atoms with E-state index < -0.39 is 0 Å². The van der Waals surface area contributed by atoms with Crippen molar-refractivity contribution in [3.8, 4) is 0 Å². The number of thiophene rings is 1. The molecule has 0 atom stereocenters. The van der Waals surface area contributed by atoms with E-state index in [1.165, 1.54) is 0 Å². The molecule has 0 unspecified atom stereocenters. The van der Waals surface area contributed by atoms with E-state index in [0.717, 1.165) is 23.8 Å². The minimum Gasteiger partial charge on any atom is -0.339 e. The molecular formula is C10H13N5S. The monoisotopic (exact) mass is 235 g/mol. The lowest BCUT2D eigenvalue weighted by Crippen LogP contribution is -2.11. The van der Waals surface area contributed by atoms with Crippen LogP contribution in [0.25, 0.3) is 0 Å². The summed E-state index contributed by atoms with van der Waals surface area (Å²) in [5.41, 5.74) is 3.56. The van der Waals surface area contributed by atoms with Gasteiger partial charge in [0.25, 0.3) is 0 Å². The molecule has 84 valence electrons. The molecule has 4 N–H and O–H groups in total. The van der Waals surface area contributed by atoms with Gasteiger partial charge in [0.1, 0.15) is 17.5 Å². The SMILES string of the molecule is CCc1nc(NN)cc(Nc2ccsc2)n1. The number of nitrogens with two attached hydrogens (primary N) is 1. The number of aromatic nitrogens is 2. The molecule has 0 saturated heterocycles. The fourth-order valence-electron chi connectivity index (χ4n) is 1.28. The van der Waals surface area contributed by atoms with E-state index in [1.807, 2.05) is 23.8 Å². The van der Waals surface area contributed by atoms with Crippen LogP contribution in [0.1, 0.15) is 12.7 Å². The Hall–Kier alpha value is -1.66. The number of hydrogen-bond donors (Lipinski definition) is 3. The third-order valence-corrected chi connectivity index (χ3v) is 2.71. The molecule has 2 aromatic heterocycles. The zero-order chi connectivity index (χ0) is 11.4. The van der Waals surface area contributed by atoms with Crippen LogP contribution in [-0.2, 0) is 6.42 Å². The largest absolute Gasteiger partial charge is 0.339 e. The molecule has 0 aliphatic rings. The highest BCUT2D eigenvalue weighted by Crippen LogP contribution is 2.19. The van der Waals surface area contributed by atoms with Crippen LogP contribution in [0, 0.1) is 0 Å². The van der Waals surface area contributed by atoms with E-state index in [9.17, 15) is 0 Å². The summed E-state index contributed by atoms with van der Waals surface area (Å²) in [6, 6.07) is 3.77. The van der Waals surface area contributed by atoms with E-state index >= 15 is 0 Å². The Morgan fingerprint density at radius 3 is 2.81 bits per heavy atom. The highest BCUT2D eigenvalue weighted by molar-refractivity contribution is 7.08. The Kier molecular flexibility index (Phi) is 3.33. The fourth-order valence-corrected chi connectivity index (χ4v) is 1.86. The number of nitrogens with zero attached hydrogens (tertiary/aromatic N) is 2. The molecule has 0 aromatic carbocycles. The zero-order valence-electron chi connectivity index (χ0n) is 8.90. The lowest BCUT2D eigenvalue weighted by Gasteiger charge is -2.07. The van der Waals surface area contributed by atoms with Gasteiger partial charge in [0.15, 0.2) is 0 Å². The Bertz CT molecular complexity index is 432. The van der Waals surface area contributed by atoms with Gasteiger partial charge in [-0.15, -0.1) is 0 Å². The second kappa shape index (κ2) is 4.91. The van der Waals surface area contributed by atoms with Gasteiger partial charge in [0.05, 0.1) is 5.69 Å². The van der Waals surface area contributed by atoms with Gasteiger partial charge in [0, 0.05) is 17.9 Å². The maximum absolute atomic E-state index is 5.35. The van der Waals surface area contributed by atoms with E-state index in [-0.39, 0.29) is 0 Å². The third kappa shape index (κ3) is 2.47. The van der Waals surface area contributed by atoms with Crippen molar-refractivity contribution in [2.24, 2.45) is 5.84 Å². The van der Waals surface area contributed by atoms with Crippen molar-refractivity contribution in [3.63, 3.8) is 0 Å². The molecule has 0 bridgehead atoms. The molecule has 0 aliphatic carbocycles. The van der Waals surface area contributed by atoms with Gasteiger partial charge in [-0.2, -0.15) is 11.3 Å². The minimum atomic E-state index is 0.615. The molecule has 0 saturated carbocycles. The highest BCUT2D eigenvalue weighted by Gasteiger charge is 2.03. The topological polar surface area (TPSA) is 75.9 Å². The van der Waals surface area contributed by atoms with E-state index in [0.29, 0.717) is 5.82 Å². The van der Waals surface area contributed by atoms with Crippen molar-refractivity contribution in [1.29, 1.82) is 0 Å². The summed E-state index contributed by atoms with van der Waals surface area (Å²) < 4.78 is 0. The Labute approximate surface area is 97.7 Å². The van der Waals surface area contributed by atoms with Crippen LogP contribution >= 0.6 is 11.3 Å². The van der Waals surface area contributed by atoms with Gasteiger partial charge in [0.2, 0.25) is 0 Å². The lowest BCUT2D eigenvalue weighted by molar-refractivity contribution is 0.941.